The Balaban J connectivity index is 1.45. The first-order valence-corrected chi connectivity index (χ1v) is 9.81. The minimum atomic E-state index is -0.991. The third-order valence-corrected chi connectivity index (χ3v) is 5.12. The number of carbonyl (C=O) groups is 2. The van der Waals surface area contributed by atoms with Gasteiger partial charge in [0.2, 0.25) is 5.88 Å². The van der Waals surface area contributed by atoms with Gasteiger partial charge >= 0.3 is 5.97 Å². The maximum atomic E-state index is 12.8. The van der Waals surface area contributed by atoms with Gasteiger partial charge in [-0.1, -0.05) is 24.3 Å². The van der Waals surface area contributed by atoms with Gasteiger partial charge in [0.15, 0.2) is 0 Å². The summed E-state index contributed by atoms with van der Waals surface area (Å²) in [5.41, 5.74) is 1.91. The van der Waals surface area contributed by atoms with Crippen LogP contribution >= 0.6 is 0 Å². The zero-order chi connectivity index (χ0) is 22.7. The first kappa shape index (κ1) is 21.0. The summed E-state index contributed by atoms with van der Waals surface area (Å²) in [5.74, 6) is -0.661. The van der Waals surface area contributed by atoms with Crippen molar-refractivity contribution in [1.29, 1.82) is 0 Å². The van der Waals surface area contributed by atoms with E-state index < -0.39 is 11.4 Å². The molecule has 0 aliphatic rings. The van der Waals surface area contributed by atoms with Gasteiger partial charge in [-0.2, -0.15) is 0 Å². The van der Waals surface area contributed by atoms with Crippen LogP contribution in [0.1, 0.15) is 35.3 Å². The number of ether oxygens (including phenoxy) is 1. The van der Waals surface area contributed by atoms with Crippen molar-refractivity contribution in [3.05, 3.63) is 77.5 Å². The van der Waals surface area contributed by atoms with Crippen molar-refractivity contribution in [3.8, 4) is 11.6 Å². The molecule has 0 fully saturated rings. The molecule has 4 aromatic rings. The van der Waals surface area contributed by atoms with E-state index in [2.05, 4.69) is 25.2 Å². The highest BCUT2D eigenvalue weighted by atomic mass is 16.6. The number of hydrogen-bond donors (Lipinski definition) is 2. The second-order valence-corrected chi connectivity index (χ2v) is 7.68. The van der Waals surface area contributed by atoms with Crippen LogP contribution in [0.2, 0.25) is 0 Å². The number of aliphatic carboxylic acids is 1. The minimum Gasteiger partial charge on any atom is -0.481 e. The van der Waals surface area contributed by atoms with Crippen LogP contribution in [0.15, 0.2) is 65.4 Å². The topological polar surface area (TPSA) is 127 Å². The van der Waals surface area contributed by atoms with Crippen molar-refractivity contribution in [2.45, 2.75) is 25.8 Å². The number of nitrogens with zero attached hydrogens (tertiary/aromatic N) is 3. The van der Waals surface area contributed by atoms with Crippen molar-refractivity contribution in [1.82, 2.24) is 20.6 Å². The average molecular weight is 432 g/mol. The highest BCUT2D eigenvalue weighted by Gasteiger charge is 2.29. The predicted octanol–water partition coefficient (Wildman–Crippen LogP) is 3.70. The van der Waals surface area contributed by atoms with E-state index in [1.807, 2.05) is 0 Å². The molecular weight excluding hydrogens is 412 g/mol. The van der Waals surface area contributed by atoms with Crippen LogP contribution in [-0.4, -0.2) is 32.3 Å². The molecule has 1 amide bonds. The van der Waals surface area contributed by atoms with Crippen LogP contribution in [0.5, 0.6) is 11.6 Å². The van der Waals surface area contributed by atoms with E-state index in [4.69, 9.17) is 4.74 Å². The summed E-state index contributed by atoms with van der Waals surface area (Å²) >= 11 is 0. The molecule has 0 aliphatic heterocycles. The number of benzene rings is 2. The number of carboxylic acids is 1. The molecule has 9 nitrogen and oxygen atoms in total. The average Bonchev–Trinajstić information content (AvgIpc) is 3.26. The molecule has 0 spiro atoms. The van der Waals surface area contributed by atoms with E-state index >= 15 is 0 Å². The van der Waals surface area contributed by atoms with Crippen molar-refractivity contribution in [3.63, 3.8) is 0 Å². The lowest BCUT2D eigenvalue weighted by molar-refractivity contribution is -0.142. The van der Waals surface area contributed by atoms with Crippen molar-refractivity contribution in [2.75, 3.05) is 0 Å². The highest BCUT2D eigenvalue weighted by molar-refractivity contribution is 5.96. The Morgan fingerprint density at radius 2 is 1.81 bits per heavy atom. The maximum Gasteiger partial charge on any atom is 0.313 e. The van der Waals surface area contributed by atoms with Gasteiger partial charge in [-0.05, 0) is 59.6 Å². The number of pyridine rings is 1. The second-order valence-electron chi connectivity index (χ2n) is 7.68. The first-order chi connectivity index (χ1) is 15.3. The molecule has 162 valence electrons. The van der Waals surface area contributed by atoms with E-state index in [-0.39, 0.29) is 23.9 Å². The normalized spacial score (nSPS) is 11.3. The lowest BCUT2D eigenvalue weighted by Gasteiger charge is -2.19. The Labute approximate surface area is 183 Å². The van der Waals surface area contributed by atoms with E-state index in [0.717, 1.165) is 5.56 Å². The van der Waals surface area contributed by atoms with E-state index in [0.29, 0.717) is 22.3 Å². The Bertz CT molecular complexity index is 1280. The molecule has 9 heteroatoms. The molecular formula is C23H20N4O5. The lowest BCUT2D eigenvalue weighted by Crippen LogP contribution is -2.28. The van der Waals surface area contributed by atoms with Gasteiger partial charge in [0, 0.05) is 18.8 Å². The second kappa shape index (κ2) is 8.46. The van der Waals surface area contributed by atoms with Gasteiger partial charge in [-0.3, -0.25) is 9.59 Å². The summed E-state index contributed by atoms with van der Waals surface area (Å²) in [7, 11) is 0. The number of nitrogens with one attached hydrogen (secondary N) is 1. The summed E-state index contributed by atoms with van der Waals surface area (Å²) in [6.07, 6.45) is 1.53. The fraction of sp³-hybridized carbons (Fsp3) is 0.174. The number of carboxylic acid groups (broad SMARTS) is 1. The molecule has 0 saturated heterocycles. The molecule has 0 aliphatic carbocycles. The molecule has 0 atom stereocenters. The van der Waals surface area contributed by atoms with E-state index in [1.165, 1.54) is 6.20 Å². The van der Waals surface area contributed by atoms with Gasteiger partial charge in [0.25, 0.3) is 5.91 Å². The third-order valence-electron chi connectivity index (χ3n) is 5.12. The van der Waals surface area contributed by atoms with Gasteiger partial charge in [-0.15, -0.1) is 0 Å². The van der Waals surface area contributed by atoms with Crippen molar-refractivity contribution >= 4 is 22.9 Å². The van der Waals surface area contributed by atoms with Crippen LogP contribution in [0, 0.1) is 0 Å². The van der Waals surface area contributed by atoms with Crippen molar-refractivity contribution < 1.29 is 24.1 Å². The SMILES string of the molecule is CC(C)(C(=O)O)c1ccc(CNC(=O)c2cccnc2Oc2ccc3nonc3c2)cc1. The third kappa shape index (κ3) is 4.27. The molecule has 2 heterocycles. The van der Waals surface area contributed by atoms with Crippen molar-refractivity contribution in [2.24, 2.45) is 0 Å². The monoisotopic (exact) mass is 432 g/mol. The lowest BCUT2D eigenvalue weighted by atomic mass is 9.84. The highest BCUT2D eigenvalue weighted by Crippen LogP contribution is 2.26. The molecule has 4 rings (SSSR count). The Kier molecular flexibility index (Phi) is 5.55. The number of fused-ring (bicyclic) bond motifs is 1. The Hall–Kier alpha value is -4.27. The Morgan fingerprint density at radius 3 is 2.56 bits per heavy atom. The van der Waals surface area contributed by atoms with E-state index in [9.17, 15) is 14.7 Å². The molecule has 2 aromatic carbocycles. The molecule has 0 unspecified atom stereocenters. The first-order valence-electron chi connectivity index (χ1n) is 9.81. The number of rotatable bonds is 7. The molecule has 0 bridgehead atoms. The summed E-state index contributed by atoms with van der Waals surface area (Å²) < 4.78 is 10.5. The van der Waals surface area contributed by atoms with Crippen LogP contribution < -0.4 is 10.1 Å². The van der Waals surface area contributed by atoms with Gasteiger partial charge in [0.05, 0.1) is 5.41 Å². The van der Waals surface area contributed by atoms with Crippen LogP contribution in [0.25, 0.3) is 11.0 Å². The molecule has 2 N–H and O–H groups in total. The van der Waals surface area contributed by atoms with Crippen LogP contribution in [-0.2, 0) is 16.8 Å². The smallest absolute Gasteiger partial charge is 0.313 e. The molecule has 32 heavy (non-hydrogen) atoms. The van der Waals surface area contributed by atoms with E-state index in [1.54, 1.807) is 68.4 Å². The summed E-state index contributed by atoms with van der Waals surface area (Å²) in [4.78, 5) is 28.4. The maximum absolute atomic E-state index is 12.8. The molecule has 2 aromatic heterocycles. The van der Waals surface area contributed by atoms with Gasteiger partial charge < -0.3 is 15.2 Å². The van der Waals surface area contributed by atoms with Crippen LogP contribution in [0.4, 0.5) is 0 Å². The minimum absolute atomic E-state index is 0.152. The quantitative estimate of drug-likeness (QED) is 0.452. The summed E-state index contributed by atoms with van der Waals surface area (Å²) in [5, 5.41) is 19.7. The summed E-state index contributed by atoms with van der Waals surface area (Å²) in [6, 6.07) is 15.4. The summed E-state index contributed by atoms with van der Waals surface area (Å²) in [6.45, 7) is 3.55. The fourth-order valence-corrected chi connectivity index (χ4v) is 3.02. The van der Waals surface area contributed by atoms with Gasteiger partial charge in [-0.25, -0.2) is 9.61 Å². The fourth-order valence-electron chi connectivity index (χ4n) is 3.02. The molecule has 0 radical (unpaired) electrons. The number of carbonyl (C=O) groups excluding carboxylic acids is 1. The number of amides is 1. The standard InChI is InChI=1S/C23H20N4O5/c1-23(2,22(29)30)15-7-5-14(6-8-15)13-25-20(28)17-4-3-11-24-21(17)31-16-9-10-18-19(12-16)27-32-26-18/h3-12H,13H2,1-2H3,(H,25,28)(H,29,30). The zero-order valence-corrected chi connectivity index (χ0v) is 17.4. The Morgan fingerprint density at radius 1 is 1.06 bits per heavy atom. The number of hydrogen-bond acceptors (Lipinski definition) is 7. The zero-order valence-electron chi connectivity index (χ0n) is 17.4. The predicted molar refractivity (Wildman–Crippen MR) is 114 cm³/mol. The number of aromatic nitrogens is 3. The van der Waals surface area contributed by atoms with Gasteiger partial charge in [0.1, 0.15) is 22.3 Å². The van der Waals surface area contributed by atoms with Crippen LogP contribution in [0.3, 0.4) is 0 Å². The molecule has 0 saturated carbocycles. The largest absolute Gasteiger partial charge is 0.481 e.